The molecule has 0 atom stereocenters. The Labute approximate surface area is 171 Å². The fraction of sp³-hybridized carbons (Fsp3) is 0.182. The second-order valence-corrected chi connectivity index (χ2v) is 8.44. The molecule has 6 heteroatoms. The molecule has 0 fully saturated rings. The highest BCUT2D eigenvalue weighted by atomic mass is 32.2. The maximum atomic E-state index is 13.5. The predicted molar refractivity (Wildman–Crippen MR) is 115 cm³/mol. The number of rotatable bonds is 6. The van der Waals surface area contributed by atoms with Crippen LogP contribution in [0, 0.1) is 12.7 Å². The summed E-state index contributed by atoms with van der Waals surface area (Å²) in [6.45, 7) is 4.73. The number of benzene rings is 2. The summed E-state index contributed by atoms with van der Waals surface area (Å²) in [5.41, 5.74) is 3.21. The normalized spacial score (nSPS) is 11.1. The van der Waals surface area contributed by atoms with Gasteiger partial charge in [-0.3, -0.25) is 0 Å². The van der Waals surface area contributed by atoms with Crippen molar-refractivity contribution >= 4 is 33.3 Å². The van der Waals surface area contributed by atoms with E-state index in [1.807, 2.05) is 25.1 Å². The quantitative estimate of drug-likeness (QED) is 0.269. The van der Waals surface area contributed by atoms with Crippen LogP contribution < -0.4 is 4.74 Å². The highest BCUT2D eigenvalue weighted by Crippen LogP contribution is 2.42. The van der Waals surface area contributed by atoms with Crippen molar-refractivity contribution in [2.45, 2.75) is 24.6 Å². The molecule has 28 heavy (non-hydrogen) atoms. The number of hydrogen-bond donors (Lipinski definition) is 0. The average Bonchev–Trinajstić information content (AvgIpc) is 3.04. The van der Waals surface area contributed by atoms with Gasteiger partial charge in [0.15, 0.2) is 0 Å². The van der Waals surface area contributed by atoms with Crippen LogP contribution in [-0.2, 0) is 5.75 Å². The third-order valence-electron chi connectivity index (χ3n) is 4.35. The van der Waals surface area contributed by atoms with Crippen molar-refractivity contribution in [3.63, 3.8) is 0 Å². The summed E-state index contributed by atoms with van der Waals surface area (Å²) < 4.78 is 19.0. The molecule has 0 aliphatic carbocycles. The molecule has 142 valence electrons. The molecule has 4 rings (SSSR count). The largest absolute Gasteiger partial charge is 0.494 e. The molecule has 0 N–H and O–H groups in total. The third kappa shape index (κ3) is 3.88. The second kappa shape index (κ2) is 8.29. The van der Waals surface area contributed by atoms with Gasteiger partial charge in [0.05, 0.1) is 12.0 Å². The van der Waals surface area contributed by atoms with E-state index in [0.717, 1.165) is 37.7 Å². The standard InChI is InChI=1S/C22H19FN2OS2/c1-3-26-18-9-7-16(8-10-18)19-14(2)28-22-20(19)21(24-13-25-22)27-12-15-5-4-6-17(23)11-15/h4-11,13H,3,12H2,1-2H3. The summed E-state index contributed by atoms with van der Waals surface area (Å²) in [7, 11) is 0. The van der Waals surface area contributed by atoms with Gasteiger partial charge in [-0.05, 0) is 49.2 Å². The number of thiophene rings is 1. The first-order valence-corrected chi connectivity index (χ1v) is 10.8. The lowest BCUT2D eigenvalue weighted by Crippen LogP contribution is -1.91. The molecule has 0 radical (unpaired) electrons. The Balaban J connectivity index is 1.72. The highest BCUT2D eigenvalue weighted by Gasteiger charge is 2.17. The summed E-state index contributed by atoms with van der Waals surface area (Å²) in [5.74, 6) is 1.30. The van der Waals surface area contributed by atoms with Gasteiger partial charge in [0.25, 0.3) is 0 Å². The zero-order valence-electron chi connectivity index (χ0n) is 15.6. The van der Waals surface area contributed by atoms with E-state index in [9.17, 15) is 4.39 Å². The van der Waals surface area contributed by atoms with Crippen molar-refractivity contribution in [2.75, 3.05) is 6.61 Å². The van der Waals surface area contributed by atoms with Gasteiger partial charge in [-0.25, -0.2) is 14.4 Å². The van der Waals surface area contributed by atoms with Crippen LogP contribution in [0.25, 0.3) is 21.3 Å². The number of aromatic nitrogens is 2. The van der Waals surface area contributed by atoms with Crippen LogP contribution in [-0.4, -0.2) is 16.6 Å². The molecule has 0 amide bonds. The van der Waals surface area contributed by atoms with E-state index in [0.29, 0.717) is 12.4 Å². The third-order valence-corrected chi connectivity index (χ3v) is 6.42. The molecule has 2 aromatic carbocycles. The summed E-state index contributed by atoms with van der Waals surface area (Å²) in [6.07, 6.45) is 1.61. The maximum Gasteiger partial charge on any atom is 0.128 e. The van der Waals surface area contributed by atoms with E-state index in [1.54, 1.807) is 41.6 Å². The van der Waals surface area contributed by atoms with Crippen LogP contribution in [0.15, 0.2) is 59.9 Å². The molecular weight excluding hydrogens is 391 g/mol. The summed E-state index contributed by atoms with van der Waals surface area (Å²) in [4.78, 5) is 11.2. The molecule has 0 bridgehead atoms. The Hall–Kier alpha value is -2.44. The van der Waals surface area contributed by atoms with Crippen molar-refractivity contribution in [3.8, 4) is 16.9 Å². The van der Waals surface area contributed by atoms with Crippen LogP contribution in [0.4, 0.5) is 4.39 Å². The van der Waals surface area contributed by atoms with Gasteiger partial charge >= 0.3 is 0 Å². The summed E-state index contributed by atoms with van der Waals surface area (Å²) in [5, 5.41) is 1.98. The molecule has 0 aliphatic heterocycles. The number of ether oxygens (including phenoxy) is 1. The van der Waals surface area contributed by atoms with Crippen molar-refractivity contribution < 1.29 is 9.13 Å². The van der Waals surface area contributed by atoms with Gasteiger partial charge in [0, 0.05) is 16.2 Å². The molecule has 4 aromatic rings. The lowest BCUT2D eigenvalue weighted by Gasteiger charge is -2.08. The maximum absolute atomic E-state index is 13.5. The average molecular weight is 411 g/mol. The van der Waals surface area contributed by atoms with Gasteiger partial charge < -0.3 is 4.74 Å². The minimum atomic E-state index is -0.215. The molecule has 3 nitrogen and oxygen atoms in total. The van der Waals surface area contributed by atoms with Crippen molar-refractivity contribution in [1.82, 2.24) is 9.97 Å². The minimum Gasteiger partial charge on any atom is -0.494 e. The van der Waals surface area contributed by atoms with Crippen LogP contribution in [0.5, 0.6) is 5.75 Å². The lowest BCUT2D eigenvalue weighted by atomic mass is 10.0. The van der Waals surface area contributed by atoms with E-state index < -0.39 is 0 Å². The summed E-state index contributed by atoms with van der Waals surface area (Å²) >= 11 is 3.28. The van der Waals surface area contributed by atoms with Gasteiger partial charge in [-0.1, -0.05) is 24.3 Å². The number of fused-ring (bicyclic) bond motifs is 1. The molecule has 0 spiro atoms. The Morgan fingerprint density at radius 2 is 1.93 bits per heavy atom. The van der Waals surface area contributed by atoms with E-state index >= 15 is 0 Å². The van der Waals surface area contributed by atoms with Crippen LogP contribution in [0.3, 0.4) is 0 Å². The smallest absolute Gasteiger partial charge is 0.128 e. The Morgan fingerprint density at radius 1 is 1.11 bits per heavy atom. The molecule has 2 heterocycles. The number of halogens is 1. The number of thioether (sulfide) groups is 1. The van der Waals surface area contributed by atoms with Crippen molar-refractivity contribution in [2.24, 2.45) is 0 Å². The highest BCUT2D eigenvalue weighted by molar-refractivity contribution is 7.98. The molecule has 0 aliphatic rings. The zero-order chi connectivity index (χ0) is 19.5. The second-order valence-electron chi connectivity index (χ2n) is 6.27. The number of nitrogens with zero attached hydrogens (tertiary/aromatic N) is 2. The van der Waals surface area contributed by atoms with Crippen LogP contribution in [0.1, 0.15) is 17.4 Å². The molecule has 0 saturated carbocycles. The Morgan fingerprint density at radius 3 is 2.68 bits per heavy atom. The number of aryl methyl sites for hydroxylation is 1. The first kappa shape index (κ1) is 18.9. The molecule has 2 aromatic heterocycles. The SMILES string of the molecule is CCOc1ccc(-c2c(C)sc3ncnc(SCc4cccc(F)c4)c23)cc1. The molecular formula is C22H19FN2OS2. The van der Waals surface area contributed by atoms with Crippen molar-refractivity contribution in [1.29, 1.82) is 0 Å². The predicted octanol–water partition coefficient (Wildman–Crippen LogP) is 6.50. The summed E-state index contributed by atoms with van der Waals surface area (Å²) in [6, 6.07) is 14.8. The van der Waals surface area contributed by atoms with Crippen LogP contribution >= 0.6 is 23.1 Å². The van der Waals surface area contributed by atoms with E-state index in [2.05, 4.69) is 29.0 Å². The van der Waals surface area contributed by atoms with E-state index in [-0.39, 0.29) is 5.82 Å². The van der Waals surface area contributed by atoms with Crippen LogP contribution in [0.2, 0.25) is 0 Å². The van der Waals surface area contributed by atoms with Crippen molar-refractivity contribution in [3.05, 3.63) is 71.1 Å². The first-order valence-electron chi connectivity index (χ1n) is 9.00. The topological polar surface area (TPSA) is 35.0 Å². The Kier molecular flexibility index (Phi) is 5.59. The Bertz CT molecular complexity index is 1110. The van der Waals surface area contributed by atoms with Gasteiger partial charge in [-0.2, -0.15) is 0 Å². The first-order chi connectivity index (χ1) is 13.7. The van der Waals surface area contributed by atoms with Gasteiger partial charge in [-0.15, -0.1) is 23.1 Å². The zero-order valence-corrected chi connectivity index (χ0v) is 17.2. The lowest BCUT2D eigenvalue weighted by molar-refractivity contribution is 0.340. The minimum absolute atomic E-state index is 0.215. The molecule has 0 saturated heterocycles. The monoisotopic (exact) mass is 410 g/mol. The van der Waals surface area contributed by atoms with Gasteiger partial charge in [0.1, 0.15) is 27.8 Å². The number of hydrogen-bond acceptors (Lipinski definition) is 5. The van der Waals surface area contributed by atoms with E-state index in [4.69, 9.17) is 4.74 Å². The fourth-order valence-electron chi connectivity index (χ4n) is 3.14. The van der Waals surface area contributed by atoms with Gasteiger partial charge in [0.2, 0.25) is 0 Å². The van der Waals surface area contributed by atoms with E-state index in [1.165, 1.54) is 10.9 Å². The fourth-order valence-corrected chi connectivity index (χ4v) is 5.16. The molecule has 0 unspecified atom stereocenters.